The van der Waals surface area contributed by atoms with Crippen molar-refractivity contribution >= 4 is 27.5 Å². The second-order valence-corrected chi connectivity index (χ2v) is 10.6. The zero-order valence-electron chi connectivity index (χ0n) is 17.7. The molecule has 0 N–H and O–H groups in total. The molecular weight excluding hydrogens is 438 g/mol. The summed E-state index contributed by atoms with van der Waals surface area (Å²) in [5.41, 5.74) is 1.18. The van der Waals surface area contributed by atoms with Gasteiger partial charge < -0.3 is 4.90 Å². The highest BCUT2D eigenvalue weighted by molar-refractivity contribution is 7.89. The van der Waals surface area contributed by atoms with Crippen molar-refractivity contribution in [3.8, 4) is 0 Å². The number of benzene rings is 1. The van der Waals surface area contributed by atoms with E-state index in [1.54, 1.807) is 16.8 Å². The summed E-state index contributed by atoms with van der Waals surface area (Å²) in [5.74, 6) is 0.0473. The molecule has 0 unspecified atom stereocenters. The fourth-order valence-corrected chi connectivity index (χ4v) is 5.89. The van der Waals surface area contributed by atoms with E-state index >= 15 is 0 Å². The summed E-state index contributed by atoms with van der Waals surface area (Å²) in [6.45, 7) is 4.67. The van der Waals surface area contributed by atoms with Gasteiger partial charge in [-0.1, -0.05) is 11.6 Å². The maximum absolute atomic E-state index is 13.0. The van der Waals surface area contributed by atoms with Crippen molar-refractivity contribution < 1.29 is 13.2 Å². The van der Waals surface area contributed by atoms with Crippen LogP contribution in [0.1, 0.15) is 18.4 Å². The van der Waals surface area contributed by atoms with Crippen molar-refractivity contribution in [1.29, 1.82) is 0 Å². The SMILES string of the molecule is Cn1cc(CN2CCN(C(=O)C3CCN(S(=O)(=O)c4ccc(Cl)cc4)CC3)CC2)cn1. The van der Waals surface area contributed by atoms with E-state index in [1.807, 2.05) is 24.3 Å². The fraction of sp³-hybridized carbons (Fsp3) is 0.524. The first kappa shape index (κ1) is 22.3. The van der Waals surface area contributed by atoms with E-state index in [2.05, 4.69) is 10.00 Å². The van der Waals surface area contributed by atoms with Crippen molar-refractivity contribution in [2.45, 2.75) is 24.3 Å². The average molecular weight is 466 g/mol. The molecule has 8 nitrogen and oxygen atoms in total. The van der Waals surface area contributed by atoms with E-state index in [0.29, 0.717) is 44.0 Å². The first-order chi connectivity index (χ1) is 14.8. The summed E-state index contributed by atoms with van der Waals surface area (Å²) in [7, 11) is -1.64. The Morgan fingerprint density at radius 1 is 1.06 bits per heavy atom. The lowest BCUT2D eigenvalue weighted by molar-refractivity contribution is -0.138. The summed E-state index contributed by atoms with van der Waals surface area (Å²) in [4.78, 5) is 17.5. The molecule has 2 fully saturated rings. The number of carbonyl (C=O) groups is 1. The molecule has 0 radical (unpaired) electrons. The van der Waals surface area contributed by atoms with E-state index in [-0.39, 0.29) is 16.7 Å². The Morgan fingerprint density at radius 3 is 2.29 bits per heavy atom. The van der Waals surface area contributed by atoms with Gasteiger partial charge in [0.15, 0.2) is 0 Å². The fourth-order valence-electron chi connectivity index (χ4n) is 4.30. The van der Waals surface area contributed by atoms with E-state index < -0.39 is 10.0 Å². The predicted molar refractivity (Wildman–Crippen MR) is 118 cm³/mol. The van der Waals surface area contributed by atoms with Gasteiger partial charge >= 0.3 is 0 Å². The summed E-state index contributed by atoms with van der Waals surface area (Å²) >= 11 is 5.87. The number of hydrogen-bond donors (Lipinski definition) is 0. The maximum atomic E-state index is 13.0. The van der Waals surface area contributed by atoms with Crippen LogP contribution in [0.4, 0.5) is 0 Å². The van der Waals surface area contributed by atoms with Gasteiger partial charge in [-0.05, 0) is 37.1 Å². The molecule has 31 heavy (non-hydrogen) atoms. The molecule has 0 atom stereocenters. The Kier molecular flexibility index (Phi) is 6.66. The molecule has 2 aliphatic heterocycles. The van der Waals surface area contributed by atoms with Crippen LogP contribution in [0.15, 0.2) is 41.6 Å². The van der Waals surface area contributed by atoms with E-state index in [1.165, 1.54) is 22.0 Å². The van der Waals surface area contributed by atoms with Crippen LogP contribution in [0.5, 0.6) is 0 Å². The van der Waals surface area contributed by atoms with Gasteiger partial charge in [0.1, 0.15) is 0 Å². The van der Waals surface area contributed by atoms with Crippen LogP contribution in [-0.2, 0) is 28.4 Å². The number of halogens is 1. The van der Waals surface area contributed by atoms with Gasteiger partial charge in [0.25, 0.3) is 0 Å². The summed E-state index contributed by atoms with van der Waals surface area (Å²) in [5, 5.41) is 4.71. The number of hydrogen-bond acceptors (Lipinski definition) is 5. The number of aromatic nitrogens is 2. The third-order valence-corrected chi connectivity index (χ3v) is 8.27. The molecule has 0 saturated carbocycles. The lowest BCUT2D eigenvalue weighted by atomic mass is 9.96. The molecule has 0 bridgehead atoms. The van der Waals surface area contributed by atoms with Crippen LogP contribution >= 0.6 is 11.6 Å². The van der Waals surface area contributed by atoms with E-state index in [0.717, 1.165) is 19.6 Å². The second-order valence-electron chi connectivity index (χ2n) is 8.26. The molecule has 2 aromatic rings. The Labute approximate surface area is 188 Å². The van der Waals surface area contributed by atoms with Crippen LogP contribution in [0.3, 0.4) is 0 Å². The number of rotatable bonds is 5. The number of carbonyl (C=O) groups excluding carboxylic acids is 1. The Hall–Kier alpha value is -1.94. The minimum absolute atomic E-state index is 0.110. The van der Waals surface area contributed by atoms with Crippen molar-refractivity contribution in [3.63, 3.8) is 0 Å². The highest BCUT2D eigenvalue weighted by Crippen LogP contribution is 2.26. The van der Waals surface area contributed by atoms with Crippen LogP contribution in [0.2, 0.25) is 5.02 Å². The molecule has 0 spiro atoms. The number of nitrogens with zero attached hydrogens (tertiary/aromatic N) is 5. The average Bonchev–Trinajstić information content (AvgIpc) is 3.18. The van der Waals surface area contributed by atoms with Gasteiger partial charge in [0.05, 0.1) is 11.1 Å². The van der Waals surface area contributed by atoms with Gasteiger partial charge in [-0.25, -0.2) is 8.42 Å². The molecule has 1 aromatic heterocycles. The molecule has 168 valence electrons. The van der Waals surface area contributed by atoms with Crippen LogP contribution < -0.4 is 0 Å². The molecule has 1 amide bonds. The minimum Gasteiger partial charge on any atom is -0.340 e. The summed E-state index contributed by atoms with van der Waals surface area (Å²) in [6, 6.07) is 6.22. The van der Waals surface area contributed by atoms with Gasteiger partial charge in [-0.3, -0.25) is 14.4 Å². The monoisotopic (exact) mass is 465 g/mol. The van der Waals surface area contributed by atoms with Gasteiger partial charge in [-0.2, -0.15) is 9.40 Å². The predicted octanol–water partition coefficient (Wildman–Crippen LogP) is 1.82. The van der Waals surface area contributed by atoms with Crippen molar-refractivity contribution in [2.75, 3.05) is 39.3 Å². The number of piperazine rings is 1. The number of piperidine rings is 1. The largest absolute Gasteiger partial charge is 0.340 e. The molecule has 2 aliphatic rings. The normalized spacial score (nSPS) is 19.6. The third kappa shape index (κ3) is 5.11. The lowest BCUT2D eigenvalue weighted by Gasteiger charge is -2.38. The Balaban J connectivity index is 1.27. The molecule has 1 aromatic carbocycles. The van der Waals surface area contributed by atoms with Gasteiger partial charge in [-0.15, -0.1) is 0 Å². The quantitative estimate of drug-likeness (QED) is 0.673. The molecule has 10 heteroatoms. The molecular formula is C21H28ClN5O3S. The molecule has 0 aliphatic carbocycles. The zero-order valence-corrected chi connectivity index (χ0v) is 19.2. The summed E-state index contributed by atoms with van der Waals surface area (Å²) in [6.07, 6.45) is 5.01. The Bertz CT molecular complexity index is 1010. The Morgan fingerprint density at radius 2 is 1.71 bits per heavy atom. The zero-order chi connectivity index (χ0) is 22.0. The van der Waals surface area contributed by atoms with Crippen LogP contribution in [0, 0.1) is 5.92 Å². The highest BCUT2D eigenvalue weighted by atomic mass is 35.5. The third-order valence-electron chi connectivity index (χ3n) is 6.10. The van der Waals surface area contributed by atoms with Crippen molar-refractivity contribution in [2.24, 2.45) is 13.0 Å². The van der Waals surface area contributed by atoms with E-state index in [9.17, 15) is 13.2 Å². The first-order valence-corrected chi connectivity index (χ1v) is 12.4. The number of amides is 1. The van der Waals surface area contributed by atoms with E-state index in [4.69, 9.17) is 11.6 Å². The van der Waals surface area contributed by atoms with Crippen LogP contribution in [0.25, 0.3) is 0 Å². The van der Waals surface area contributed by atoms with Crippen molar-refractivity contribution in [1.82, 2.24) is 23.9 Å². The number of aryl methyl sites for hydroxylation is 1. The van der Waals surface area contributed by atoms with Gasteiger partial charge in [0.2, 0.25) is 15.9 Å². The first-order valence-electron chi connectivity index (χ1n) is 10.6. The van der Waals surface area contributed by atoms with Gasteiger partial charge in [0, 0.05) is 75.6 Å². The molecule has 2 saturated heterocycles. The minimum atomic E-state index is -3.55. The second kappa shape index (κ2) is 9.28. The smallest absolute Gasteiger partial charge is 0.243 e. The standard InChI is InChI=1S/C21H28ClN5O3S/c1-24-15-17(14-23-24)16-25-10-12-26(13-11-25)21(28)18-6-8-27(9-7-18)31(29,30)20-4-2-19(22)3-5-20/h2-5,14-15,18H,6-13,16H2,1H3. The lowest BCUT2D eigenvalue weighted by Crippen LogP contribution is -2.51. The number of sulfonamides is 1. The van der Waals surface area contributed by atoms with Crippen LogP contribution in [-0.4, -0.2) is 77.5 Å². The topological polar surface area (TPSA) is 78.8 Å². The summed E-state index contributed by atoms with van der Waals surface area (Å²) < 4.78 is 29.0. The highest BCUT2D eigenvalue weighted by Gasteiger charge is 2.34. The van der Waals surface area contributed by atoms with Crippen molar-refractivity contribution in [3.05, 3.63) is 47.2 Å². The maximum Gasteiger partial charge on any atom is 0.243 e. The molecule has 4 rings (SSSR count). The molecule has 3 heterocycles.